The Morgan fingerprint density at radius 1 is 1.43 bits per heavy atom. The normalized spacial score (nSPS) is 15.4. The van der Waals surface area contributed by atoms with Gasteiger partial charge >= 0.3 is 0 Å². The van der Waals surface area contributed by atoms with Gasteiger partial charge in [-0.05, 0) is 40.5 Å². The largest absolute Gasteiger partial charge is 0.453 e. The fourth-order valence-corrected chi connectivity index (χ4v) is 1.85. The number of rotatable bonds is 5. The van der Waals surface area contributed by atoms with Crippen LogP contribution in [-0.2, 0) is 0 Å². The fraction of sp³-hybridized carbons (Fsp3) is 0.636. The van der Waals surface area contributed by atoms with Crippen molar-refractivity contribution >= 4 is 15.9 Å². The second kappa shape index (κ2) is 5.56. The van der Waals surface area contributed by atoms with Crippen molar-refractivity contribution in [2.24, 2.45) is 5.92 Å². The summed E-state index contributed by atoms with van der Waals surface area (Å²) in [5, 5.41) is 3.45. The Morgan fingerprint density at radius 3 is 2.57 bits per heavy atom. The van der Waals surface area contributed by atoms with Gasteiger partial charge in [0.15, 0.2) is 4.67 Å². The highest BCUT2D eigenvalue weighted by molar-refractivity contribution is 9.10. The highest BCUT2D eigenvalue weighted by atomic mass is 79.9. The molecule has 0 amide bonds. The summed E-state index contributed by atoms with van der Waals surface area (Å²) in [6.07, 6.45) is 1.15. The maximum Gasteiger partial charge on any atom is 0.169 e. The van der Waals surface area contributed by atoms with Crippen molar-refractivity contribution < 1.29 is 4.42 Å². The van der Waals surface area contributed by atoms with Gasteiger partial charge in [0.05, 0.1) is 6.04 Å². The van der Waals surface area contributed by atoms with Crippen LogP contribution >= 0.6 is 15.9 Å². The number of nitrogens with one attached hydrogen (secondary N) is 1. The fourth-order valence-electron chi connectivity index (χ4n) is 1.53. The Labute approximate surface area is 94.2 Å². The molecule has 0 aromatic carbocycles. The zero-order chi connectivity index (χ0) is 10.6. The van der Waals surface area contributed by atoms with Gasteiger partial charge in [-0.15, -0.1) is 0 Å². The van der Waals surface area contributed by atoms with Gasteiger partial charge in [0.25, 0.3) is 0 Å². The molecule has 0 aliphatic carbocycles. The number of hydrogen-bond donors (Lipinski definition) is 1. The number of hydrogen-bond acceptors (Lipinski definition) is 2. The molecule has 14 heavy (non-hydrogen) atoms. The average Bonchev–Trinajstić information content (AvgIpc) is 2.60. The van der Waals surface area contributed by atoms with E-state index in [-0.39, 0.29) is 0 Å². The van der Waals surface area contributed by atoms with Crippen molar-refractivity contribution in [3.8, 4) is 0 Å². The molecule has 80 valence electrons. The van der Waals surface area contributed by atoms with Gasteiger partial charge < -0.3 is 9.73 Å². The first kappa shape index (κ1) is 11.8. The minimum atomic E-state index is 0.330. The van der Waals surface area contributed by atoms with Crippen LogP contribution in [0.4, 0.5) is 0 Å². The van der Waals surface area contributed by atoms with E-state index in [4.69, 9.17) is 4.42 Å². The van der Waals surface area contributed by atoms with E-state index in [0.717, 1.165) is 23.4 Å². The van der Waals surface area contributed by atoms with Gasteiger partial charge in [-0.2, -0.15) is 0 Å². The molecular formula is C11H18BrNO. The maximum absolute atomic E-state index is 5.58. The third-order valence-corrected chi connectivity index (χ3v) is 2.96. The third kappa shape index (κ3) is 2.85. The van der Waals surface area contributed by atoms with Crippen LogP contribution in [0.2, 0.25) is 0 Å². The molecule has 1 aromatic rings. The lowest BCUT2D eigenvalue weighted by molar-refractivity contribution is 0.319. The quantitative estimate of drug-likeness (QED) is 0.872. The Morgan fingerprint density at radius 2 is 2.14 bits per heavy atom. The minimum absolute atomic E-state index is 0.330. The molecule has 3 heteroatoms. The van der Waals surface area contributed by atoms with Gasteiger partial charge in [0.1, 0.15) is 5.76 Å². The number of halogens is 1. The van der Waals surface area contributed by atoms with Gasteiger partial charge in [-0.3, -0.25) is 0 Å². The molecular weight excluding hydrogens is 242 g/mol. The lowest BCUT2D eigenvalue weighted by Gasteiger charge is -2.21. The van der Waals surface area contributed by atoms with Crippen molar-refractivity contribution in [2.45, 2.75) is 33.2 Å². The van der Waals surface area contributed by atoms with Crippen molar-refractivity contribution in [1.82, 2.24) is 5.32 Å². The van der Waals surface area contributed by atoms with Gasteiger partial charge in [-0.1, -0.05) is 27.2 Å². The van der Waals surface area contributed by atoms with Crippen LogP contribution in [0.5, 0.6) is 0 Å². The molecule has 0 radical (unpaired) electrons. The van der Waals surface area contributed by atoms with E-state index in [1.54, 1.807) is 0 Å². The van der Waals surface area contributed by atoms with E-state index in [1.165, 1.54) is 0 Å². The van der Waals surface area contributed by atoms with Crippen molar-refractivity contribution in [3.05, 3.63) is 22.6 Å². The van der Waals surface area contributed by atoms with E-state index >= 15 is 0 Å². The van der Waals surface area contributed by atoms with Gasteiger partial charge in [0, 0.05) is 0 Å². The molecule has 2 atom stereocenters. The monoisotopic (exact) mass is 259 g/mol. The first-order chi connectivity index (χ1) is 6.69. The zero-order valence-electron chi connectivity index (χ0n) is 9.01. The van der Waals surface area contributed by atoms with Crippen molar-refractivity contribution in [1.29, 1.82) is 0 Å². The SMILES string of the molecule is CCNC(c1ccc(Br)o1)C(C)CC. The first-order valence-electron chi connectivity index (χ1n) is 5.17. The lowest BCUT2D eigenvalue weighted by Crippen LogP contribution is -2.26. The predicted octanol–water partition coefficient (Wildman–Crippen LogP) is 3.74. The summed E-state index contributed by atoms with van der Waals surface area (Å²) in [4.78, 5) is 0. The second-order valence-corrected chi connectivity index (χ2v) is 4.34. The predicted molar refractivity (Wildman–Crippen MR) is 62.3 cm³/mol. The Bertz CT molecular complexity index is 272. The van der Waals surface area contributed by atoms with E-state index in [1.807, 2.05) is 12.1 Å². The van der Waals surface area contributed by atoms with E-state index < -0.39 is 0 Å². The minimum Gasteiger partial charge on any atom is -0.453 e. The van der Waals surface area contributed by atoms with Crippen LogP contribution in [0.1, 0.15) is 39.0 Å². The Balaban J connectivity index is 2.76. The summed E-state index contributed by atoms with van der Waals surface area (Å²) in [5.74, 6) is 1.61. The van der Waals surface area contributed by atoms with Crippen molar-refractivity contribution in [2.75, 3.05) is 6.54 Å². The topological polar surface area (TPSA) is 25.2 Å². The maximum atomic E-state index is 5.58. The average molecular weight is 260 g/mol. The summed E-state index contributed by atoms with van der Waals surface area (Å²) in [7, 11) is 0. The number of furan rings is 1. The summed E-state index contributed by atoms with van der Waals surface area (Å²) >= 11 is 3.33. The summed E-state index contributed by atoms with van der Waals surface area (Å²) in [6.45, 7) is 7.53. The summed E-state index contributed by atoms with van der Waals surface area (Å²) in [5.41, 5.74) is 0. The Hall–Kier alpha value is -0.280. The summed E-state index contributed by atoms with van der Waals surface area (Å²) < 4.78 is 6.38. The molecule has 0 aliphatic rings. The Kier molecular flexibility index (Phi) is 4.69. The molecule has 1 rings (SSSR count). The van der Waals surface area contributed by atoms with E-state index in [2.05, 4.69) is 42.0 Å². The molecule has 1 heterocycles. The van der Waals surface area contributed by atoms with Crippen LogP contribution in [0.15, 0.2) is 21.2 Å². The molecule has 0 bridgehead atoms. The molecule has 0 spiro atoms. The highest BCUT2D eigenvalue weighted by Gasteiger charge is 2.19. The molecule has 2 nitrogen and oxygen atoms in total. The van der Waals surface area contributed by atoms with E-state index in [0.29, 0.717) is 12.0 Å². The standard InChI is InChI=1S/C11H18BrNO/c1-4-8(3)11(13-5-2)9-6-7-10(12)14-9/h6-8,11,13H,4-5H2,1-3H3. The van der Waals surface area contributed by atoms with Gasteiger partial charge in [-0.25, -0.2) is 0 Å². The summed E-state index contributed by atoms with van der Waals surface area (Å²) in [6, 6.07) is 4.31. The molecule has 0 saturated carbocycles. The van der Waals surface area contributed by atoms with Crippen LogP contribution < -0.4 is 5.32 Å². The van der Waals surface area contributed by atoms with Crippen LogP contribution in [0.25, 0.3) is 0 Å². The highest BCUT2D eigenvalue weighted by Crippen LogP contribution is 2.27. The van der Waals surface area contributed by atoms with Crippen LogP contribution in [0.3, 0.4) is 0 Å². The molecule has 1 N–H and O–H groups in total. The second-order valence-electron chi connectivity index (χ2n) is 3.56. The molecule has 0 aliphatic heterocycles. The van der Waals surface area contributed by atoms with Crippen molar-refractivity contribution in [3.63, 3.8) is 0 Å². The molecule has 0 fully saturated rings. The van der Waals surface area contributed by atoms with E-state index in [9.17, 15) is 0 Å². The zero-order valence-corrected chi connectivity index (χ0v) is 10.6. The molecule has 2 unspecified atom stereocenters. The third-order valence-electron chi connectivity index (χ3n) is 2.54. The molecule has 0 saturated heterocycles. The molecule has 1 aromatic heterocycles. The van der Waals surface area contributed by atoms with Crippen LogP contribution in [0, 0.1) is 5.92 Å². The lowest BCUT2D eigenvalue weighted by atomic mass is 9.97. The first-order valence-corrected chi connectivity index (χ1v) is 5.96. The van der Waals surface area contributed by atoms with Crippen LogP contribution in [-0.4, -0.2) is 6.54 Å². The smallest absolute Gasteiger partial charge is 0.169 e. The van der Waals surface area contributed by atoms with Gasteiger partial charge in [0.2, 0.25) is 0 Å².